The highest BCUT2D eigenvalue weighted by Crippen LogP contribution is 2.16. The maximum atomic E-state index is 11.9. The molecule has 1 N–H and O–H groups in total. The first-order chi connectivity index (χ1) is 10.3. The molecule has 9 heteroatoms. The summed E-state index contributed by atoms with van der Waals surface area (Å²) < 4.78 is 44.6. The molecule has 0 unspecified atom stereocenters. The molecule has 0 bridgehead atoms. The molecular weight excluding hydrogens is 305 g/mol. The predicted octanol–water partition coefficient (Wildman–Crippen LogP) is 1.48. The maximum absolute atomic E-state index is 11.9. The lowest BCUT2D eigenvalue weighted by molar-refractivity contribution is -0.154. The number of esters is 1. The van der Waals surface area contributed by atoms with Crippen LogP contribution in [0.25, 0.3) is 0 Å². The van der Waals surface area contributed by atoms with Crippen LogP contribution in [-0.2, 0) is 9.53 Å². The Morgan fingerprint density at radius 2 is 2.09 bits per heavy atom. The monoisotopic (exact) mass is 318 g/mol. The Kier molecular flexibility index (Phi) is 6.36. The van der Waals surface area contributed by atoms with E-state index in [9.17, 15) is 22.8 Å². The first kappa shape index (κ1) is 17.5. The first-order valence-electron chi connectivity index (χ1n) is 6.00. The molecule has 0 saturated heterocycles. The minimum absolute atomic E-state index is 0.0836. The minimum atomic E-state index is -4.45. The van der Waals surface area contributed by atoms with Crippen molar-refractivity contribution < 1.29 is 32.2 Å². The van der Waals surface area contributed by atoms with Gasteiger partial charge in [-0.05, 0) is 6.07 Å². The van der Waals surface area contributed by atoms with Gasteiger partial charge in [-0.25, -0.2) is 9.78 Å². The quantitative estimate of drug-likeness (QED) is 0.635. The second kappa shape index (κ2) is 8.01. The topological polar surface area (TPSA) is 77.5 Å². The molecule has 1 rings (SSSR count). The number of ether oxygens (including phenoxy) is 2. The third-order valence-electron chi connectivity index (χ3n) is 2.22. The van der Waals surface area contributed by atoms with E-state index in [4.69, 9.17) is 0 Å². The fourth-order valence-electron chi connectivity index (χ4n) is 1.23. The van der Waals surface area contributed by atoms with Crippen molar-refractivity contribution in [2.75, 3.05) is 20.3 Å². The van der Waals surface area contributed by atoms with E-state index in [2.05, 4.69) is 19.8 Å². The average molecular weight is 318 g/mol. The van der Waals surface area contributed by atoms with Crippen LogP contribution in [0.1, 0.15) is 10.4 Å². The molecule has 0 fully saturated rings. The zero-order valence-corrected chi connectivity index (χ0v) is 11.5. The van der Waals surface area contributed by atoms with Crippen LogP contribution in [0, 0.1) is 0 Å². The fraction of sp³-hybridized carbons (Fsp3) is 0.308. The minimum Gasteiger partial charge on any atom is -0.468 e. The number of rotatable bonds is 6. The van der Waals surface area contributed by atoms with E-state index in [1.54, 1.807) is 0 Å². The Morgan fingerprint density at radius 1 is 1.36 bits per heavy atom. The van der Waals surface area contributed by atoms with Crippen LogP contribution in [-0.4, -0.2) is 43.3 Å². The molecule has 0 aliphatic carbocycles. The summed E-state index contributed by atoms with van der Waals surface area (Å²) in [6.45, 7) is -1.37. The summed E-state index contributed by atoms with van der Waals surface area (Å²) in [7, 11) is 1.22. The highest BCUT2D eigenvalue weighted by molar-refractivity contribution is 5.94. The summed E-state index contributed by atoms with van der Waals surface area (Å²) in [6, 6.07) is 2.43. The molecule has 6 nitrogen and oxygen atoms in total. The van der Waals surface area contributed by atoms with Crippen molar-refractivity contribution >= 4 is 11.9 Å². The number of nitrogens with zero attached hydrogens (tertiary/aromatic N) is 1. The lowest BCUT2D eigenvalue weighted by Crippen LogP contribution is -2.24. The maximum Gasteiger partial charge on any atom is 0.422 e. The van der Waals surface area contributed by atoms with Gasteiger partial charge in [-0.1, -0.05) is 6.08 Å². The van der Waals surface area contributed by atoms with Crippen LogP contribution in [0.15, 0.2) is 30.5 Å². The van der Waals surface area contributed by atoms with Crippen LogP contribution in [0.5, 0.6) is 5.88 Å². The molecular formula is C13H13F3N2O4. The number of nitrogens with one attached hydrogen (secondary N) is 1. The highest BCUT2D eigenvalue weighted by Gasteiger charge is 2.28. The van der Waals surface area contributed by atoms with Crippen LogP contribution in [0.4, 0.5) is 13.2 Å². The van der Waals surface area contributed by atoms with E-state index >= 15 is 0 Å². The van der Waals surface area contributed by atoms with Gasteiger partial charge < -0.3 is 14.8 Å². The lowest BCUT2D eigenvalue weighted by atomic mass is 10.2. The smallest absolute Gasteiger partial charge is 0.422 e. The van der Waals surface area contributed by atoms with Crippen molar-refractivity contribution in [3.63, 3.8) is 0 Å². The van der Waals surface area contributed by atoms with Crippen molar-refractivity contribution in [2.24, 2.45) is 0 Å². The lowest BCUT2D eigenvalue weighted by Gasteiger charge is -2.08. The van der Waals surface area contributed by atoms with Gasteiger partial charge >= 0.3 is 12.1 Å². The number of halogens is 3. The Bertz CT molecular complexity index is 541. The predicted molar refractivity (Wildman–Crippen MR) is 69.3 cm³/mol. The van der Waals surface area contributed by atoms with E-state index in [-0.39, 0.29) is 18.0 Å². The van der Waals surface area contributed by atoms with E-state index in [1.807, 2.05) is 0 Å². The molecule has 0 saturated carbocycles. The zero-order chi connectivity index (χ0) is 16.6. The molecule has 1 amide bonds. The van der Waals surface area contributed by atoms with Gasteiger partial charge in [0.15, 0.2) is 6.61 Å². The van der Waals surface area contributed by atoms with Gasteiger partial charge in [0.25, 0.3) is 5.91 Å². The number of carbonyl (C=O) groups is 2. The van der Waals surface area contributed by atoms with Crippen molar-refractivity contribution in [1.82, 2.24) is 10.3 Å². The van der Waals surface area contributed by atoms with E-state index < -0.39 is 24.7 Å². The highest BCUT2D eigenvalue weighted by atomic mass is 19.4. The summed E-state index contributed by atoms with van der Waals surface area (Å²) in [6.07, 6.45) is -0.834. The van der Waals surface area contributed by atoms with Gasteiger partial charge in [-0.2, -0.15) is 13.2 Å². The molecule has 0 aliphatic heterocycles. The Balaban J connectivity index is 2.47. The van der Waals surface area contributed by atoms with Gasteiger partial charge in [0.05, 0.1) is 12.7 Å². The van der Waals surface area contributed by atoms with Crippen LogP contribution in [0.3, 0.4) is 0 Å². The number of methoxy groups -OCH3 is 1. The van der Waals surface area contributed by atoms with Gasteiger partial charge in [0.2, 0.25) is 5.88 Å². The number of alkyl halides is 3. The van der Waals surface area contributed by atoms with Gasteiger partial charge in [-0.3, -0.25) is 4.79 Å². The van der Waals surface area contributed by atoms with Gasteiger partial charge in [-0.15, -0.1) is 0 Å². The van der Waals surface area contributed by atoms with Crippen LogP contribution >= 0.6 is 0 Å². The van der Waals surface area contributed by atoms with Crippen LogP contribution in [0.2, 0.25) is 0 Å². The van der Waals surface area contributed by atoms with E-state index in [1.165, 1.54) is 19.3 Å². The summed E-state index contributed by atoms with van der Waals surface area (Å²) in [4.78, 5) is 26.0. The fourth-order valence-corrected chi connectivity index (χ4v) is 1.23. The second-order valence-electron chi connectivity index (χ2n) is 3.92. The number of amides is 1. The summed E-state index contributed by atoms with van der Waals surface area (Å²) in [5.74, 6) is -1.29. The van der Waals surface area contributed by atoms with Gasteiger partial charge in [0, 0.05) is 24.9 Å². The van der Waals surface area contributed by atoms with Crippen molar-refractivity contribution in [3.8, 4) is 5.88 Å². The molecule has 0 atom stereocenters. The molecule has 0 aromatic carbocycles. The number of hydrogen-bond donors (Lipinski definition) is 1. The Hall–Kier alpha value is -2.58. The second-order valence-corrected chi connectivity index (χ2v) is 3.92. The Labute approximate surface area is 123 Å². The summed E-state index contributed by atoms with van der Waals surface area (Å²) >= 11 is 0. The van der Waals surface area contributed by atoms with Crippen LogP contribution < -0.4 is 10.1 Å². The van der Waals surface area contributed by atoms with Crippen molar-refractivity contribution in [2.45, 2.75) is 6.18 Å². The first-order valence-corrected chi connectivity index (χ1v) is 6.00. The number of carbonyl (C=O) groups excluding carboxylic acids is 2. The molecule has 0 spiro atoms. The Morgan fingerprint density at radius 3 is 2.64 bits per heavy atom. The standard InChI is InChI=1S/C13H13F3N2O4/c1-21-11(19)3-2-6-17-12(20)9-4-5-10(18-7-9)22-8-13(14,15)16/h2-5,7H,6,8H2,1H3,(H,17,20)/b3-2+. The number of hydrogen-bond acceptors (Lipinski definition) is 5. The molecule has 0 aliphatic rings. The zero-order valence-electron chi connectivity index (χ0n) is 11.5. The summed E-state index contributed by atoms with van der Waals surface area (Å²) in [5, 5.41) is 2.46. The molecule has 1 aromatic heterocycles. The van der Waals surface area contributed by atoms with Crippen molar-refractivity contribution in [3.05, 3.63) is 36.0 Å². The SMILES string of the molecule is COC(=O)/C=C/CNC(=O)c1ccc(OCC(F)(F)F)nc1. The third kappa shape index (κ3) is 6.73. The third-order valence-corrected chi connectivity index (χ3v) is 2.22. The average Bonchev–Trinajstić information content (AvgIpc) is 2.48. The number of pyridine rings is 1. The largest absolute Gasteiger partial charge is 0.468 e. The van der Waals surface area contributed by atoms with Gasteiger partial charge in [0.1, 0.15) is 0 Å². The molecule has 22 heavy (non-hydrogen) atoms. The summed E-state index contributed by atoms with van der Waals surface area (Å²) in [5.41, 5.74) is 0.144. The van der Waals surface area contributed by atoms with E-state index in [0.717, 1.165) is 18.3 Å². The molecule has 1 heterocycles. The molecule has 120 valence electrons. The number of aromatic nitrogens is 1. The normalized spacial score (nSPS) is 11.3. The molecule has 0 radical (unpaired) electrons. The molecule has 1 aromatic rings. The van der Waals surface area contributed by atoms with Crippen molar-refractivity contribution in [1.29, 1.82) is 0 Å². The van der Waals surface area contributed by atoms with E-state index in [0.29, 0.717) is 0 Å².